The summed E-state index contributed by atoms with van der Waals surface area (Å²) in [5, 5.41) is 3.03. The molecule has 0 aliphatic rings. The molecule has 128 valence electrons. The number of nitrogens with one attached hydrogen (secondary N) is 1. The molecule has 0 aliphatic heterocycles. The molecule has 0 fully saturated rings. The van der Waals surface area contributed by atoms with Crippen LogP contribution in [0.1, 0.15) is 24.1 Å². The Morgan fingerprint density at radius 3 is 2.46 bits per heavy atom. The van der Waals surface area contributed by atoms with E-state index in [-0.39, 0.29) is 11.9 Å². The summed E-state index contributed by atoms with van der Waals surface area (Å²) in [6.45, 7) is 3.99. The van der Waals surface area contributed by atoms with Crippen LogP contribution in [0.25, 0.3) is 0 Å². The minimum absolute atomic E-state index is 0.00752. The normalized spacial score (nSPS) is 11.7. The van der Waals surface area contributed by atoms with Gasteiger partial charge in [0, 0.05) is 10.5 Å². The largest absolute Gasteiger partial charge is 0.497 e. The van der Waals surface area contributed by atoms with E-state index in [0.29, 0.717) is 5.75 Å². The lowest BCUT2D eigenvalue weighted by atomic mass is 10.0. The Hall–Kier alpha value is -2.14. The minimum Gasteiger partial charge on any atom is -0.497 e. The van der Waals surface area contributed by atoms with Crippen LogP contribution in [0, 0.1) is 6.92 Å². The van der Waals surface area contributed by atoms with Crippen molar-refractivity contribution in [3.63, 3.8) is 0 Å². The van der Waals surface area contributed by atoms with E-state index in [2.05, 4.69) is 5.32 Å². The highest BCUT2D eigenvalue weighted by Crippen LogP contribution is 2.26. The van der Waals surface area contributed by atoms with E-state index in [1.807, 2.05) is 56.3 Å². The molecule has 0 bridgehead atoms. The zero-order valence-electron chi connectivity index (χ0n) is 14.5. The lowest BCUT2D eigenvalue weighted by molar-refractivity contribution is -0.119. The average Bonchev–Trinajstić information content (AvgIpc) is 2.60. The van der Waals surface area contributed by atoms with Crippen molar-refractivity contribution < 1.29 is 14.3 Å². The minimum atomic E-state index is -0.108. The molecule has 0 saturated carbocycles. The van der Waals surface area contributed by atoms with Crippen molar-refractivity contribution in [1.82, 2.24) is 5.32 Å². The van der Waals surface area contributed by atoms with Gasteiger partial charge in [0.1, 0.15) is 11.5 Å². The Morgan fingerprint density at radius 2 is 1.83 bits per heavy atom. The summed E-state index contributed by atoms with van der Waals surface area (Å²) in [4.78, 5) is 13.2. The highest BCUT2D eigenvalue weighted by Gasteiger charge is 2.14. The number of benzene rings is 2. The van der Waals surface area contributed by atoms with E-state index in [4.69, 9.17) is 9.47 Å². The first-order chi connectivity index (χ1) is 11.5. The molecule has 5 heteroatoms. The first kappa shape index (κ1) is 18.2. The zero-order chi connectivity index (χ0) is 17.5. The van der Waals surface area contributed by atoms with Crippen LogP contribution in [0.2, 0.25) is 0 Å². The second kappa shape index (κ2) is 8.64. The van der Waals surface area contributed by atoms with Crippen molar-refractivity contribution in [1.29, 1.82) is 0 Å². The number of ether oxygens (including phenoxy) is 2. The van der Waals surface area contributed by atoms with Gasteiger partial charge in [0.15, 0.2) is 0 Å². The summed E-state index contributed by atoms with van der Waals surface area (Å²) in [6.07, 6.45) is 0. The highest BCUT2D eigenvalue weighted by molar-refractivity contribution is 8.00. The van der Waals surface area contributed by atoms with Crippen molar-refractivity contribution in [2.75, 3.05) is 20.0 Å². The second-order valence-corrected chi connectivity index (χ2v) is 6.55. The number of aryl methyl sites for hydroxylation is 1. The Balaban J connectivity index is 1.92. The molecule has 0 aromatic heterocycles. The number of amides is 1. The van der Waals surface area contributed by atoms with Crippen LogP contribution in [0.4, 0.5) is 0 Å². The maximum Gasteiger partial charge on any atom is 0.230 e. The van der Waals surface area contributed by atoms with Gasteiger partial charge < -0.3 is 14.8 Å². The smallest absolute Gasteiger partial charge is 0.230 e. The van der Waals surface area contributed by atoms with Crippen molar-refractivity contribution >= 4 is 17.7 Å². The van der Waals surface area contributed by atoms with E-state index in [0.717, 1.165) is 27.5 Å². The van der Waals surface area contributed by atoms with E-state index < -0.39 is 0 Å². The molecule has 24 heavy (non-hydrogen) atoms. The molecule has 2 aromatic rings. The number of hydrogen-bond donors (Lipinski definition) is 1. The summed E-state index contributed by atoms with van der Waals surface area (Å²) in [6, 6.07) is 13.5. The Labute approximate surface area is 147 Å². The van der Waals surface area contributed by atoms with E-state index in [9.17, 15) is 4.79 Å². The summed E-state index contributed by atoms with van der Waals surface area (Å²) in [5.41, 5.74) is 2.12. The van der Waals surface area contributed by atoms with Crippen LogP contribution in [-0.4, -0.2) is 25.9 Å². The maximum absolute atomic E-state index is 12.2. The van der Waals surface area contributed by atoms with Gasteiger partial charge in [-0.25, -0.2) is 0 Å². The van der Waals surface area contributed by atoms with E-state index in [1.165, 1.54) is 11.8 Å². The molecule has 1 N–H and O–H groups in total. The van der Waals surface area contributed by atoms with E-state index in [1.54, 1.807) is 14.2 Å². The maximum atomic E-state index is 12.2. The van der Waals surface area contributed by atoms with Crippen LogP contribution < -0.4 is 14.8 Å². The van der Waals surface area contributed by atoms with Crippen molar-refractivity contribution in [3.8, 4) is 11.5 Å². The molecule has 0 saturated heterocycles. The second-order valence-electron chi connectivity index (χ2n) is 5.50. The first-order valence-electron chi connectivity index (χ1n) is 7.74. The molecule has 1 atom stereocenters. The molecular weight excluding hydrogens is 322 g/mol. The topological polar surface area (TPSA) is 47.6 Å². The van der Waals surface area contributed by atoms with Crippen molar-refractivity contribution in [2.24, 2.45) is 0 Å². The van der Waals surface area contributed by atoms with Crippen molar-refractivity contribution in [3.05, 3.63) is 53.6 Å². The number of carbonyl (C=O) groups excluding carboxylic acids is 1. The molecule has 0 heterocycles. The fourth-order valence-corrected chi connectivity index (χ4v) is 3.08. The Kier molecular flexibility index (Phi) is 6.55. The molecule has 0 unspecified atom stereocenters. The first-order valence-corrected chi connectivity index (χ1v) is 8.72. The number of hydrogen-bond acceptors (Lipinski definition) is 4. The van der Waals surface area contributed by atoms with Gasteiger partial charge in [-0.15, -0.1) is 11.8 Å². The third kappa shape index (κ3) is 4.93. The predicted octanol–water partition coefficient (Wildman–Crippen LogP) is 3.98. The van der Waals surface area contributed by atoms with Crippen LogP contribution in [-0.2, 0) is 4.79 Å². The fourth-order valence-electron chi connectivity index (χ4n) is 2.37. The molecule has 2 rings (SSSR count). The highest BCUT2D eigenvalue weighted by atomic mass is 32.2. The number of thioether (sulfide) groups is 1. The zero-order valence-corrected chi connectivity index (χ0v) is 15.3. The predicted molar refractivity (Wildman–Crippen MR) is 98.0 cm³/mol. The summed E-state index contributed by atoms with van der Waals surface area (Å²) < 4.78 is 10.5. The third-order valence-electron chi connectivity index (χ3n) is 3.66. The number of rotatable bonds is 7. The van der Waals surface area contributed by atoms with Crippen LogP contribution in [0.5, 0.6) is 11.5 Å². The van der Waals surface area contributed by atoms with Crippen molar-refractivity contribution in [2.45, 2.75) is 24.8 Å². The third-order valence-corrected chi connectivity index (χ3v) is 4.67. The van der Waals surface area contributed by atoms with Crippen LogP contribution in [0.15, 0.2) is 47.4 Å². The van der Waals surface area contributed by atoms with Crippen LogP contribution in [0.3, 0.4) is 0 Å². The molecular formula is C19H23NO3S. The van der Waals surface area contributed by atoms with Gasteiger partial charge in [0.2, 0.25) is 5.91 Å². The van der Waals surface area contributed by atoms with Gasteiger partial charge >= 0.3 is 0 Å². The molecule has 0 radical (unpaired) electrons. The summed E-state index contributed by atoms with van der Waals surface area (Å²) >= 11 is 1.50. The molecule has 0 aliphatic carbocycles. The van der Waals surface area contributed by atoms with Gasteiger partial charge in [-0.1, -0.05) is 17.7 Å². The molecule has 2 aromatic carbocycles. The quantitative estimate of drug-likeness (QED) is 0.771. The van der Waals surface area contributed by atoms with Gasteiger partial charge in [-0.2, -0.15) is 0 Å². The fraction of sp³-hybridized carbons (Fsp3) is 0.316. The van der Waals surface area contributed by atoms with Gasteiger partial charge in [-0.05, 0) is 44.2 Å². The molecule has 4 nitrogen and oxygen atoms in total. The molecule has 0 spiro atoms. The summed E-state index contributed by atoms with van der Waals surface area (Å²) in [5.74, 6) is 1.96. The lowest BCUT2D eigenvalue weighted by Crippen LogP contribution is -2.28. The monoisotopic (exact) mass is 345 g/mol. The van der Waals surface area contributed by atoms with Crippen LogP contribution >= 0.6 is 11.8 Å². The van der Waals surface area contributed by atoms with Gasteiger partial charge in [-0.3, -0.25) is 4.79 Å². The Bertz CT molecular complexity index is 686. The van der Waals surface area contributed by atoms with Gasteiger partial charge in [0.05, 0.1) is 26.0 Å². The summed E-state index contributed by atoms with van der Waals surface area (Å²) in [7, 11) is 3.28. The van der Waals surface area contributed by atoms with E-state index >= 15 is 0 Å². The number of methoxy groups -OCH3 is 2. The molecule has 1 amide bonds. The average molecular weight is 345 g/mol. The Morgan fingerprint density at radius 1 is 1.12 bits per heavy atom. The van der Waals surface area contributed by atoms with Gasteiger partial charge in [0.25, 0.3) is 0 Å². The SMILES string of the molecule is COc1ccc(SCC(=O)N[C@@H](C)c2cc(C)ccc2OC)cc1. The lowest BCUT2D eigenvalue weighted by Gasteiger charge is -2.18. The number of carbonyl (C=O) groups is 1. The standard InChI is InChI=1S/C19H23NO3S/c1-13-5-10-18(23-4)17(11-13)14(2)20-19(21)12-24-16-8-6-15(22-3)7-9-16/h5-11,14H,12H2,1-4H3,(H,20,21)/t14-/m0/s1.